The molecule has 132 valence electrons. The third-order valence-electron chi connectivity index (χ3n) is 4.21. The summed E-state index contributed by atoms with van der Waals surface area (Å²) in [4.78, 5) is 29.8. The molecule has 0 saturated heterocycles. The van der Waals surface area contributed by atoms with Gasteiger partial charge in [-0.15, -0.1) is 0 Å². The van der Waals surface area contributed by atoms with Gasteiger partial charge in [-0.1, -0.05) is 19.1 Å². The Labute approximate surface area is 147 Å². The highest BCUT2D eigenvalue weighted by Crippen LogP contribution is 2.13. The van der Waals surface area contributed by atoms with E-state index >= 15 is 0 Å². The fourth-order valence-electron chi connectivity index (χ4n) is 2.80. The van der Waals surface area contributed by atoms with Crippen LogP contribution in [0.2, 0.25) is 0 Å². The molecule has 3 rings (SSSR count). The number of carbonyl (C=O) groups excluding carboxylic acids is 2. The number of anilines is 1. The number of nitrogens with zero attached hydrogens (tertiary/aromatic N) is 3. The monoisotopic (exact) mass is 341 g/mol. The summed E-state index contributed by atoms with van der Waals surface area (Å²) in [5.41, 5.74) is 2.82. The van der Waals surface area contributed by atoms with Crippen LogP contribution >= 0.6 is 0 Å². The number of imidazole rings is 1. The number of fused-ring (bicyclic) bond motifs is 1. The van der Waals surface area contributed by atoms with Crippen LogP contribution < -0.4 is 10.6 Å². The zero-order chi connectivity index (χ0) is 17.6. The predicted octanol–water partition coefficient (Wildman–Crippen LogP) is 2.35. The minimum atomic E-state index is -0.0761. The molecule has 1 aliphatic rings. The number of rotatable bonds is 5. The summed E-state index contributed by atoms with van der Waals surface area (Å²) in [5, 5.41) is 5.79. The number of benzene rings is 1. The van der Waals surface area contributed by atoms with Crippen LogP contribution in [-0.4, -0.2) is 32.9 Å². The zero-order valence-electron chi connectivity index (χ0n) is 14.4. The zero-order valence-corrected chi connectivity index (χ0v) is 14.4. The molecule has 1 aliphatic heterocycles. The SMILES string of the molecule is CCCC(=O)Nc1ccc(CNC(=O)N2CCn3cncc3C2)cc1. The summed E-state index contributed by atoms with van der Waals surface area (Å²) < 4.78 is 2.06. The predicted molar refractivity (Wildman–Crippen MR) is 94.9 cm³/mol. The average Bonchev–Trinajstić information content (AvgIpc) is 3.08. The summed E-state index contributed by atoms with van der Waals surface area (Å²) in [7, 11) is 0. The Morgan fingerprint density at radius 3 is 2.76 bits per heavy atom. The van der Waals surface area contributed by atoms with Gasteiger partial charge in [-0.25, -0.2) is 9.78 Å². The second-order valence-corrected chi connectivity index (χ2v) is 6.15. The van der Waals surface area contributed by atoms with Crippen molar-refractivity contribution < 1.29 is 9.59 Å². The van der Waals surface area contributed by atoms with Crippen LogP contribution in [0.3, 0.4) is 0 Å². The highest BCUT2D eigenvalue weighted by Gasteiger charge is 2.20. The smallest absolute Gasteiger partial charge is 0.318 e. The lowest BCUT2D eigenvalue weighted by Gasteiger charge is -2.28. The quantitative estimate of drug-likeness (QED) is 0.876. The van der Waals surface area contributed by atoms with Crippen LogP contribution in [0, 0.1) is 0 Å². The van der Waals surface area contributed by atoms with E-state index in [4.69, 9.17) is 0 Å². The minimum Gasteiger partial charge on any atom is -0.334 e. The third kappa shape index (κ3) is 4.37. The van der Waals surface area contributed by atoms with E-state index in [9.17, 15) is 9.59 Å². The second kappa shape index (κ2) is 7.83. The molecule has 0 radical (unpaired) electrons. The molecule has 25 heavy (non-hydrogen) atoms. The first-order chi connectivity index (χ1) is 12.2. The van der Waals surface area contributed by atoms with Gasteiger partial charge in [0.25, 0.3) is 0 Å². The molecule has 0 bridgehead atoms. The summed E-state index contributed by atoms with van der Waals surface area (Å²) in [5.74, 6) is 0.0212. The van der Waals surface area contributed by atoms with Crippen molar-refractivity contribution in [1.82, 2.24) is 19.8 Å². The summed E-state index contributed by atoms with van der Waals surface area (Å²) in [6.07, 6.45) is 4.94. The lowest BCUT2D eigenvalue weighted by atomic mass is 10.2. The summed E-state index contributed by atoms with van der Waals surface area (Å²) in [6.45, 7) is 4.46. The fraction of sp³-hybridized carbons (Fsp3) is 0.389. The number of hydrogen-bond acceptors (Lipinski definition) is 3. The maximum absolute atomic E-state index is 12.3. The van der Waals surface area contributed by atoms with E-state index in [1.165, 1.54) is 0 Å². The number of urea groups is 1. The van der Waals surface area contributed by atoms with E-state index in [1.54, 1.807) is 17.4 Å². The Morgan fingerprint density at radius 1 is 1.20 bits per heavy atom. The number of carbonyl (C=O) groups is 2. The molecule has 0 saturated carbocycles. The van der Waals surface area contributed by atoms with Gasteiger partial charge in [-0.3, -0.25) is 4.79 Å². The molecule has 1 aromatic carbocycles. The van der Waals surface area contributed by atoms with Crippen molar-refractivity contribution >= 4 is 17.6 Å². The Kier molecular flexibility index (Phi) is 5.33. The highest BCUT2D eigenvalue weighted by atomic mass is 16.2. The van der Waals surface area contributed by atoms with Crippen molar-refractivity contribution in [1.29, 1.82) is 0 Å². The molecule has 7 nitrogen and oxygen atoms in total. The maximum Gasteiger partial charge on any atom is 0.318 e. The van der Waals surface area contributed by atoms with E-state index in [0.29, 0.717) is 26.1 Å². The fourth-order valence-corrected chi connectivity index (χ4v) is 2.80. The minimum absolute atomic E-state index is 0.0212. The molecule has 2 aromatic rings. The van der Waals surface area contributed by atoms with Gasteiger partial charge in [0.1, 0.15) is 0 Å². The molecular formula is C18H23N5O2. The van der Waals surface area contributed by atoms with E-state index in [-0.39, 0.29) is 11.9 Å². The largest absolute Gasteiger partial charge is 0.334 e. The number of aromatic nitrogens is 2. The van der Waals surface area contributed by atoms with Gasteiger partial charge in [-0.05, 0) is 24.1 Å². The van der Waals surface area contributed by atoms with Crippen LogP contribution in [0.1, 0.15) is 31.0 Å². The standard InChI is InChI=1S/C18H23N5O2/c1-2-3-17(24)21-15-6-4-14(5-7-15)10-20-18(25)22-8-9-23-13-19-11-16(23)12-22/h4-7,11,13H,2-3,8-10,12H2,1H3,(H,20,25)(H,21,24). The van der Waals surface area contributed by atoms with Gasteiger partial charge in [-0.2, -0.15) is 0 Å². The Hall–Kier alpha value is -2.83. The van der Waals surface area contributed by atoms with E-state index < -0.39 is 0 Å². The van der Waals surface area contributed by atoms with Crippen molar-refractivity contribution in [2.24, 2.45) is 0 Å². The van der Waals surface area contributed by atoms with Crippen molar-refractivity contribution in [3.63, 3.8) is 0 Å². The Morgan fingerprint density at radius 2 is 2.00 bits per heavy atom. The molecule has 7 heteroatoms. The molecule has 0 unspecified atom stereocenters. The first-order valence-corrected chi connectivity index (χ1v) is 8.56. The highest BCUT2D eigenvalue weighted by molar-refractivity contribution is 5.90. The van der Waals surface area contributed by atoms with Crippen molar-refractivity contribution in [2.45, 2.75) is 39.4 Å². The van der Waals surface area contributed by atoms with Crippen LogP contribution in [0.5, 0.6) is 0 Å². The molecule has 0 spiro atoms. The molecule has 3 amide bonds. The van der Waals surface area contributed by atoms with E-state index in [1.807, 2.05) is 31.2 Å². The maximum atomic E-state index is 12.3. The molecular weight excluding hydrogens is 318 g/mol. The molecule has 1 aromatic heterocycles. The van der Waals surface area contributed by atoms with Gasteiger partial charge in [0, 0.05) is 37.9 Å². The first-order valence-electron chi connectivity index (χ1n) is 8.56. The van der Waals surface area contributed by atoms with E-state index in [0.717, 1.165) is 29.9 Å². The van der Waals surface area contributed by atoms with Gasteiger partial charge >= 0.3 is 6.03 Å². The molecule has 2 N–H and O–H groups in total. The molecule has 0 fully saturated rings. The molecule has 2 heterocycles. The Balaban J connectivity index is 1.48. The van der Waals surface area contributed by atoms with Gasteiger partial charge < -0.3 is 20.1 Å². The summed E-state index contributed by atoms with van der Waals surface area (Å²) in [6, 6.07) is 7.45. The summed E-state index contributed by atoms with van der Waals surface area (Å²) >= 11 is 0. The molecule has 0 atom stereocenters. The van der Waals surface area contributed by atoms with Crippen LogP contribution in [0.25, 0.3) is 0 Å². The number of amides is 3. The molecule has 0 aliphatic carbocycles. The lowest BCUT2D eigenvalue weighted by Crippen LogP contribution is -2.43. The van der Waals surface area contributed by atoms with Crippen molar-refractivity contribution in [3.05, 3.63) is 48.0 Å². The van der Waals surface area contributed by atoms with E-state index in [2.05, 4.69) is 20.2 Å². The Bertz CT molecular complexity index is 738. The lowest BCUT2D eigenvalue weighted by molar-refractivity contribution is -0.116. The van der Waals surface area contributed by atoms with Crippen molar-refractivity contribution in [2.75, 3.05) is 11.9 Å². The average molecular weight is 341 g/mol. The van der Waals surface area contributed by atoms with Crippen LogP contribution in [-0.2, 0) is 24.4 Å². The van der Waals surface area contributed by atoms with Crippen LogP contribution in [0.4, 0.5) is 10.5 Å². The van der Waals surface area contributed by atoms with Crippen LogP contribution in [0.15, 0.2) is 36.8 Å². The number of hydrogen-bond donors (Lipinski definition) is 2. The van der Waals surface area contributed by atoms with Crippen molar-refractivity contribution in [3.8, 4) is 0 Å². The first kappa shape index (κ1) is 17.0. The number of nitrogens with one attached hydrogen (secondary N) is 2. The third-order valence-corrected chi connectivity index (χ3v) is 4.21. The second-order valence-electron chi connectivity index (χ2n) is 6.15. The van der Waals surface area contributed by atoms with Gasteiger partial charge in [0.15, 0.2) is 0 Å². The van der Waals surface area contributed by atoms with Gasteiger partial charge in [0.2, 0.25) is 5.91 Å². The topological polar surface area (TPSA) is 79.3 Å². The normalized spacial score (nSPS) is 13.2. The van der Waals surface area contributed by atoms with Gasteiger partial charge in [0.05, 0.1) is 18.6 Å².